The van der Waals surface area contributed by atoms with Crippen molar-refractivity contribution < 1.29 is 22.7 Å². The first-order valence-electron chi connectivity index (χ1n) is 5.17. The molecule has 0 spiro atoms. The highest BCUT2D eigenvalue weighted by Crippen LogP contribution is 2.22. The van der Waals surface area contributed by atoms with Gasteiger partial charge in [0, 0.05) is 5.56 Å². The summed E-state index contributed by atoms with van der Waals surface area (Å²) in [5.41, 5.74) is -1.09. The normalized spacial score (nSPS) is 10.8. The molecular formula is C11H11ClF3NO2. The Hall–Kier alpha value is -1.30. The van der Waals surface area contributed by atoms with Crippen LogP contribution in [-0.2, 0) is 21.8 Å². The topological polar surface area (TPSA) is 39.2 Å². The Bertz CT molecular complexity index is 441. The van der Waals surface area contributed by atoms with Crippen LogP contribution in [0, 0.1) is 5.82 Å². The van der Waals surface area contributed by atoms with Gasteiger partial charge in [0.15, 0.2) is 0 Å². The van der Waals surface area contributed by atoms with Gasteiger partial charge in [0.25, 0.3) is 6.43 Å². The third-order valence-corrected chi connectivity index (χ3v) is 2.39. The van der Waals surface area contributed by atoms with Crippen molar-refractivity contribution in [1.29, 1.82) is 0 Å². The smallest absolute Gasteiger partial charge is 0.311 e. The predicted octanol–water partition coefficient (Wildman–Crippen LogP) is 3.00. The number of aromatic nitrogens is 1. The van der Waals surface area contributed by atoms with Gasteiger partial charge in [-0.25, -0.2) is 18.2 Å². The van der Waals surface area contributed by atoms with E-state index in [1.165, 1.54) is 0 Å². The third-order valence-electron chi connectivity index (χ3n) is 2.11. The fourth-order valence-electron chi connectivity index (χ4n) is 1.34. The number of halogens is 4. The molecule has 0 fully saturated rings. The molecule has 1 heterocycles. The lowest BCUT2D eigenvalue weighted by Gasteiger charge is -2.09. The maximum Gasteiger partial charge on any atom is 0.311 e. The molecular weight excluding hydrogens is 271 g/mol. The Labute approximate surface area is 107 Å². The molecule has 0 unspecified atom stereocenters. The zero-order chi connectivity index (χ0) is 13.7. The largest absolute Gasteiger partial charge is 0.466 e. The van der Waals surface area contributed by atoms with Gasteiger partial charge in [-0.3, -0.25) is 4.79 Å². The molecule has 0 saturated carbocycles. The molecule has 0 aromatic carbocycles. The second-order valence-electron chi connectivity index (χ2n) is 3.38. The van der Waals surface area contributed by atoms with Crippen LogP contribution in [0.4, 0.5) is 13.2 Å². The number of carbonyl (C=O) groups is 1. The highest BCUT2D eigenvalue weighted by atomic mass is 35.5. The van der Waals surface area contributed by atoms with Crippen molar-refractivity contribution in [2.75, 3.05) is 6.61 Å². The summed E-state index contributed by atoms with van der Waals surface area (Å²) in [4.78, 5) is 14.6. The zero-order valence-corrected chi connectivity index (χ0v) is 10.3. The molecule has 0 saturated heterocycles. The van der Waals surface area contributed by atoms with E-state index < -0.39 is 30.3 Å². The molecule has 0 radical (unpaired) electrons. The van der Waals surface area contributed by atoms with Crippen molar-refractivity contribution in [3.63, 3.8) is 0 Å². The average Bonchev–Trinajstić information content (AvgIpc) is 2.31. The Morgan fingerprint density at radius 2 is 2.22 bits per heavy atom. The van der Waals surface area contributed by atoms with Crippen LogP contribution in [0.15, 0.2) is 6.07 Å². The lowest BCUT2D eigenvalue weighted by atomic mass is 10.1. The molecule has 1 aromatic heterocycles. The molecule has 1 rings (SSSR count). The molecule has 100 valence electrons. The number of hydrogen-bond acceptors (Lipinski definition) is 3. The highest BCUT2D eigenvalue weighted by Gasteiger charge is 2.19. The number of ether oxygens (including phenoxy) is 1. The molecule has 0 aliphatic rings. The van der Waals surface area contributed by atoms with Gasteiger partial charge in [0.2, 0.25) is 0 Å². The minimum absolute atomic E-state index is 0.110. The molecule has 7 heteroatoms. The molecule has 0 aliphatic carbocycles. The van der Waals surface area contributed by atoms with Crippen LogP contribution in [0.25, 0.3) is 0 Å². The van der Waals surface area contributed by atoms with Crippen LogP contribution in [-0.4, -0.2) is 17.6 Å². The van der Waals surface area contributed by atoms with Gasteiger partial charge in [-0.05, 0) is 13.0 Å². The SMILES string of the molecule is CCOC(=O)Cc1nc(C(F)F)cc(CCl)c1F. The summed E-state index contributed by atoms with van der Waals surface area (Å²) < 4.78 is 43.4. The van der Waals surface area contributed by atoms with Crippen LogP contribution >= 0.6 is 11.6 Å². The summed E-state index contributed by atoms with van der Waals surface area (Å²) >= 11 is 5.45. The summed E-state index contributed by atoms with van der Waals surface area (Å²) in [5, 5.41) is 0. The van der Waals surface area contributed by atoms with Crippen LogP contribution in [0.5, 0.6) is 0 Å². The van der Waals surface area contributed by atoms with E-state index in [1.54, 1.807) is 6.92 Å². The van der Waals surface area contributed by atoms with Gasteiger partial charge >= 0.3 is 5.97 Å². The summed E-state index contributed by atoms with van der Waals surface area (Å²) in [6, 6.07) is 0.891. The fraction of sp³-hybridized carbons (Fsp3) is 0.455. The van der Waals surface area contributed by atoms with Crippen molar-refractivity contribution in [3.05, 3.63) is 28.8 Å². The molecule has 0 N–H and O–H groups in total. The molecule has 1 aromatic rings. The van der Waals surface area contributed by atoms with Gasteiger partial charge in [0.1, 0.15) is 11.5 Å². The van der Waals surface area contributed by atoms with Crippen molar-refractivity contribution in [3.8, 4) is 0 Å². The van der Waals surface area contributed by atoms with E-state index in [-0.39, 0.29) is 23.7 Å². The minimum atomic E-state index is -2.85. The lowest BCUT2D eigenvalue weighted by Crippen LogP contribution is -2.12. The second-order valence-corrected chi connectivity index (χ2v) is 3.65. The molecule has 0 atom stereocenters. The molecule has 0 bridgehead atoms. The Morgan fingerprint density at radius 1 is 1.56 bits per heavy atom. The van der Waals surface area contributed by atoms with Crippen molar-refractivity contribution in [2.45, 2.75) is 25.7 Å². The van der Waals surface area contributed by atoms with Crippen LogP contribution in [0.2, 0.25) is 0 Å². The number of hydrogen-bond donors (Lipinski definition) is 0. The third kappa shape index (κ3) is 3.60. The monoisotopic (exact) mass is 281 g/mol. The summed E-state index contributed by atoms with van der Waals surface area (Å²) in [7, 11) is 0. The maximum atomic E-state index is 13.7. The Kier molecular flexibility index (Phi) is 5.40. The second kappa shape index (κ2) is 6.58. The number of esters is 1. The first kappa shape index (κ1) is 14.8. The molecule has 3 nitrogen and oxygen atoms in total. The summed E-state index contributed by atoms with van der Waals surface area (Å²) in [6.07, 6.45) is -3.35. The van der Waals surface area contributed by atoms with E-state index in [2.05, 4.69) is 9.72 Å². The first-order valence-corrected chi connectivity index (χ1v) is 5.71. The molecule has 0 aliphatic heterocycles. The van der Waals surface area contributed by atoms with Gasteiger partial charge in [0.05, 0.1) is 24.6 Å². The van der Waals surface area contributed by atoms with Gasteiger partial charge in [-0.1, -0.05) is 0 Å². The van der Waals surface area contributed by atoms with Gasteiger partial charge < -0.3 is 4.74 Å². The minimum Gasteiger partial charge on any atom is -0.466 e. The van der Waals surface area contributed by atoms with E-state index >= 15 is 0 Å². The number of pyridine rings is 1. The van der Waals surface area contributed by atoms with E-state index in [0.717, 1.165) is 6.07 Å². The summed E-state index contributed by atoms with van der Waals surface area (Å²) in [5.74, 6) is -1.84. The van der Waals surface area contributed by atoms with Gasteiger partial charge in [-0.2, -0.15) is 0 Å². The molecule has 0 amide bonds. The van der Waals surface area contributed by atoms with Crippen LogP contribution < -0.4 is 0 Å². The predicted molar refractivity (Wildman–Crippen MR) is 59.0 cm³/mol. The summed E-state index contributed by atoms with van der Waals surface area (Å²) in [6.45, 7) is 1.71. The Balaban J connectivity index is 3.08. The number of alkyl halides is 3. The lowest BCUT2D eigenvalue weighted by molar-refractivity contribution is -0.142. The molecule has 18 heavy (non-hydrogen) atoms. The quantitative estimate of drug-likeness (QED) is 0.615. The van der Waals surface area contributed by atoms with E-state index in [1.807, 2.05) is 0 Å². The number of rotatable bonds is 5. The average molecular weight is 282 g/mol. The van der Waals surface area contributed by atoms with E-state index in [0.29, 0.717) is 0 Å². The van der Waals surface area contributed by atoms with E-state index in [9.17, 15) is 18.0 Å². The van der Waals surface area contributed by atoms with E-state index in [4.69, 9.17) is 11.6 Å². The maximum absolute atomic E-state index is 13.7. The number of nitrogens with zero attached hydrogens (tertiary/aromatic N) is 1. The van der Waals surface area contributed by atoms with Crippen molar-refractivity contribution >= 4 is 17.6 Å². The van der Waals surface area contributed by atoms with Gasteiger partial charge in [-0.15, -0.1) is 11.6 Å². The van der Waals surface area contributed by atoms with Crippen molar-refractivity contribution in [1.82, 2.24) is 4.98 Å². The van der Waals surface area contributed by atoms with Crippen LogP contribution in [0.3, 0.4) is 0 Å². The highest BCUT2D eigenvalue weighted by molar-refractivity contribution is 6.17. The standard InChI is InChI=1S/C11H11ClF3NO2/c1-2-18-9(17)4-7-10(13)6(5-12)3-8(16-7)11(14)15/h3,11H,2,4-5H2,1H3. The van der Waals surface area contributed by atoms with Crippen LogP contribution in [0.1, 0.15) is 30.3 Å². The van der Waals surface area contributed by atoms with Crippen molar-refractivity contribution in [2.24, 2.45) is 0 Å². The first-order chi connectivity index (χ1) is 8.49. The fourth-order valence-corrected chi connectivity index (χ4v) is 1.53. The Morgan fingerprint density at radius 3 is 2.72 bits per heavy atom. The zero-order valence-electron chi connectivity index (χ0n) is 9.55. The number of carbonyl (C=O) groups excluding carboxylic acids is 1.